The number of rotatable bonds is 2. The monoisotopic (exact) mass is 343 g/mol. The van der Waals surface area contributed by atoms with Crippen LogP contribution in [0, 0.1) is 6.92 Å². The van der Waals surface area contributed by atoms with Gasteiger partial charge in [0.05, 0.1) is 6.04 Å². The van der Waals surface area contributed by atoms with Gasteiger partial charge in [0.25, 0.3) is 0 Å². The summed E-state index contributed by atoms with van der Waals surface area (Å²) in [5.41, 5.74) is 9.35. The molecule has 0 bridgehead atoms. The van der Waals surface area contributed by atoms with Crippen LogP contribution in [0.25, 0.3) is 0 Å². The molecular formula is C14H12BrCl2N. The van der Waals surface area contributed by atoms with E-state index in [-0.39, 0.29) is 6.04 Å². The van der Waals surface area contributed by atoms with Crippen molar-refractivity contribution in [1.82, 2.24) is 0 Å². The summed E-state index contributed by atoms with van der Waals surface area (Å²) in [7, 11) is 0. The second kappa shape index (κ2) is 5.62. The molecule has 0 heterocycles. The predicted octanol–water partition coefficient (Wildman–Crippen LogP) is 5.11. The van der Waals surface area contributed by atoms with Crippen LogP contribution in [0.15, 0.2) is 40.9 Å². The molecule has 0 spiro atoms. The molecule has 2 aromatic rings. The Morgan fingerprint density at radius 1 is 1.06 bits per heavy atom. The Hall–Kier alpha value is -0.540. The Bertz CT molecular complexity index is 584. The molecule has 2 aromatic carbocycles. The van der Waals surface area contributed by atoms with Crippen LogP contribution in [-0.4, -0.2) is 0 Å². The zero-order chi connectivity index (χ0) is 13.3. The number of hydrogen-bond acceptors (Lipinski definition) is 1. The van der Waals surface area contributed by atoms with Crippen LogP contribution in [0.4, 0.5) is 0 Å². The normalized spacial score (nSPS) is 12.5. The van der Waals surface area contributed by atoms with E-state index in [2.05, 4.69) is 15.9 Å². The summed E-state index contributed by atoms with van der Waals surface area (Å²) in [6, 6.07) is 11.2. The van der Waals surface area contributed by atoms with Gasteiger partial charge in [-0.2, -0.15) is 0 Å². The first kappa shape index (κ1) is 13.9. The lowest BCUT2D eigenvalue weighted by molar-refractivity contribution is 0.861. The minimum Gasteiger partial charge on any atom is -0.320 e. The van der Waals surface area contributed by atoms with E-state index >= 15 is 0 Å². The zero-order valence-corrected chi connectivity index (χ0v) is 12.9. The van der Waals surface area contributed by atoms with Crippen LogP contribution < -0.4 is 5.73 Å². The van der Waals surface area contributed by atoms with Gasteiger partial charge < -0.3 is 5.73 Å². The second-order valence-corrected chi connectivity index (χ2v) is 5.90. The van der Waals surface area contributed by atoms with E-state index in [1.54, 1.807) is 12.1 Å². The maximum absolute atomic E-state index is 6.29. The van der Waals surface area contributed by atoms with Crippen LogP contribution in [0.1, 0.15) is 22.7 Å². The molecule has 0 aliphatic rings. The summed E-state index contributed by atoms with van der Waals surface area (Å²) in [6.07, 6.45) is 0. The molecule has 2 rings (SSSR count). The molecule has 1 nitrogen and oxygen atoms in total. The minimum atomic E-state index is -0.257. The van der Waals surface area contributed by atoms with Crippen LogP contribution in [0.2, 0.25) is 10.0 Å². The van der Waals surface area contributed by atoms with Gasteiger partial charge >= 0.3 is 0 Å². The highest BCUT2D eigenvalue weighted by Crippen LogP contribution is 2.31. The summed E-state index contributed by atoms with van der Waals surface area (Å²) >= 11 is 15.5. The largest absolute Gasteiger partial charge is 0.320 e. The van der Waals surface area contributed by atoms with Crippen molar-refractivity contribution in [3.63, 3.8) is 0 Å². The topological polar surface area (TPSA) is 26.0 Å². The number of hydrogen-bond donors (Lipinski definition) is 1. The summed E-state index contributed by atoms with van der Waals surface area (Å²) in [5.74, 6) is 0. The van der Waals surface area contributed by atoms with Gasteiger partial charge in [0.1, 0.15) is 0 Å². The third kappa shape index (κ3) is 2.89. The first-order valence-corrected chi connectivity index (χ1v) is 7.00. The van der Waals surface area contributed by atoms with Gasteiger partial charge in [-0.25, -0.2) is 0 Å². The molecule has 0 aliphatic carbocycles. The molecule has 4 heteroatoms. The predicted molar refractivity (Wildman–Crippen MR) is 81.4 cm³/mol. The molecule has 0 amide bonds. The van der Waals surface area contributed by atoms with Crippen molar-refractivity contribution >= 4 is 39.1 Å². The smallest absolute Gasteiger partial charge is 0.0569 e. The standard InChI is InChI=1S/C14H12BrCl2N/c1-8-2-3-9(15)6-12(8)14(18)11-5-4-10(16)7-13(11)17/h2-7,14H,18H2,1H3. The maximum Gasteiger partial charge on any atom is 0.0569 e. The van der Waals surface area contributed by atoms with E-state index in [1.165, 1.54) is 0 Å². The Labute approximate surface area is 125 Å². The van der Waals surface area contributed by atoms with E-state index in [4.69, 9.17) is 28.9 Å². The van der Waals surface area contributed by atoms with Gasteiger partial charge in [-0.3, -0.25) is 0 Å². The molecule has 0 aromatic heterocycles. The fourth-order valence-corrected chi connectivity index (χ4v) is 2.77. The van der Waals surface area contributed by atoms with Gasteiger partial charge in [0, 0.05) is 14.5 Å². The fourth-order valence-electron chi connectivity index (χ4n) is 1.87. The third-order valence-electron chi connectivity index (χ3n) is 2.87. The quantitative estimate of drug-likeness (QED) is 0.804. The lowest BCUT2D eigenvalue weighted by Gasteiger charge is -2.17. The molecule has 0 fully saturated rings. The molecule has 94 valence electrons. The Morgan fingerprint density at radius 3 is 2.44 bits per heavy atom. The maximum atomic E-state index is 6.29. The van der Waals surface area contributed by atoms with Crippen LogP contribution >= 0.6 is 39.1 Å². The van der Waals surface area contributed by atoms with Crippen molar-refractivity contribution in [2.24, 2.45) is 5.73 Å². The Kier molecular flexibility index (Phi) is 4.33. The van der Waals surface area contributed by atoms with Crippen molar-refractivity contribution in [1.29, 1.82) is 0 Å². The SMILES string of the molecule is Cc1ccc(Br)cc1C(N)c1ccc(Cl)cc1Cl. The highest BCUT2D eigenvalue weighted by molar-refractivity contribution is 9.10. The summed E-state index contributed by atoms with van der Waals surface area (Å²) < 4.78 is 1.00. The first-order valence-electron chi connectivity index (χ1n) is 5.45. The highest BCUT2D eigenvalue weighted by Gasteiger charge is 2.15. The number of aryl methyl sites for hydroxylation is 1. The lowest BCUT2D eigenvalue weighted by atomic mass is 9.96. The highest BCUT2D eigenvalue weighted by atomic mass is 79.9. The van der Waals surface area contributed by atoms with Crippen molar-refractivity contribution < 1.29 is 0 Å². The molecule has 0 aliphatic heterocycles. The second-order valence-electron chi connectivity index (χ2n) is 4.14. The van der Waals surface area contributed by atoms with Gasteiger partial charge in [-0.05, 0) is 47.9 Å². The van der Waals surface area contributed by atoms with Crippen LogP contribution in [0.5, 0.6) is 0 Å². The average Bonchev–Trinajstić information content (AvgIpc) is 2.31. The van der Waals surface area contributed by atoms with Crippen molar-refractivity contribution in [2.45, 2.75) is 13.0 Å². The van der Waals surface area contributed by atoms with E-state index in [9.17, 15) is 0 Å². The van der Waals surface area contributed by atoms with Crippen LogP contribution in [-0.2, 0) is 0 Å². The molecular weight excluding hydrogens is 333 g/mol. The van der Waals surface area contributed by atoms with E-state index < -0.39 is 0 Å². The molecule has 0 saturated heterocycles. The molecule has 2 N–H and O–H groups in total. The average molecular weight is 345 g/mol. The summed E-state index contributed by atoms with van der Waals surface area (Å²) in [4.78, 5) is 0. The molecule has 1 atom stereocenters. The molecule has 0 saturated carbocycles. The first-order chi connectivity index (χ1) is 8.49. The van der Waals surface area contributed by atoms with Gasteiger partial charge in [-0.1, -0.05) is 51.3 Å². The van der Waals surface area contributed by atoms with E-state index in [1.807, 2.05) is 31.2 Å². The van der Waals surface area contributed by atoms with E-state index in [0.717, 1.165) is 21.2 Å². The Morgan fingerprint density at radius 2 is 1.78 bits per heavy atom. The molecule has 0 radical (unpaired) electrons. The van der Waals surface area contributed by atoms with Crippen molar-refractivity contribution in [2.75, 3.05) is 0 Å². The van der Waals surface area contributed by atoms with Crippen molar-refractivity contribution in [3.05, 3.63) is 67.6 Å². The summed E-state index contributed by atoms with van der Waals surface area (Å²) in [5, 5.41) is 1.20. The fraction of sp³-hybridized carbons (Fsp3) is 0.143. The molecule has 1 unspecified atom stereocenters. The number of nitrogens with two attached hydrogens (primary N) is 1. The number of halogens is 3. The third-order valence-corrected chi connectivity index (χ3v) is 3.93. The van der Waals surface area contributed by atoms with Gasteiger partial charge in [0.15, 0.2) is 0 Å². The van der Waals surface area contributed by atoms with Crippen LogP contribution in [0.3, 0.4) is 0 Å². The Balaban J connectivity index is 2.47. The molecule has 18 heavy (non-hydrogen) atoms. The van der Waals surface area contributed by atoms with Gasteiger partial charge in [0.2, 0.25) is 0 Å². The van der Waals surface area contributed by atoms with Crippen molar-refractivity contribution in [3.8, 4) is 0 Å². The number of benzene rings is 2. The summed E-state index contributed by atoms with van der Waals surface area (Å²) in [6.45, 7) is 2.03. The van der Waals surface area contributed by atoms with Gasteiger partial charge in [-0.15, -0.1) is 0 Å². The van der Waals surface area contributed by atoms with E-state index in [0.29, 0.717) is 10.0 Å². The minimum absolute atomic E-state index is 0.257. The lowest BCUT2D eigenvalue weighted by Crippen LogP contribution is -2.13. The zero-order valence-electron chi connectivity index (χ0n) is 9.75.